The van der Waals surface area contributed by atoms with Crippen molar-refractivity contribution in [2.24, 2.45) is 11.1 Å². The minimum atomic E-state index is -0.891. The van der Waals surface area contributed by atoms with Crippen LogP contribution >= 0.6 is 11.6 Å². The molecule has 0 aromatic heterocycles. The Morgan fingerprint density at radius 3 is 2.75 bits per heavy atom. The fraction of sp³-hybridized carbons (Fsp3) is 0.647. The molecule has 0 saturated heterocycles. The fourth-order valence-corrected chi connectivity index (χ4v) is 3.94. The first kappa shape index (κ1) is 20.9. The smallest absolute Gasteiger partial charge is 0.168 e. The van der Waals surface area contributed by atoms with Gasteiger partial charge in [-0.25, -0.2) is 0 Å². The summed E-state index contributed by atoms with van der Waals surface area (Å²) in [5.41, 5.74) is 2.05. The Hall–Kier alpha value is -1.14. The zero-order valence-electron chi connectivity index (χ0n) is 14.5. The van der Waals surface area contributed by atoms with E-state index in [1.165, 1.54) is 5.54 Å². The SMILES string of the molecule is CC/C(=N\OC/C=C/Cl)C1=C(O)CC(C[C@@H](C)S(=O)CC)CC1=O. The number of carbonyl (C=O) groups is 1. The van der Waals surface area contributed by atoms with E-state index in [0.717, 1.165) is 0 Å². The summed E-state index contributed by atoms with van der Waals surface area (Å²) in [6.07, 6.45) is 3.48. The van der Waals surface area contributed by atoms with Crippen molar-refractivity contribution >= 4 is 33.9 Å². The molecule has 5 nitrogen and oxygen atoms in total. The molecule has 0 spiro atoms. The van der Waals surface area contributed by atoms with Gasteiger partial charge in [0.25, 0.3) is 0 Å². The third kappa shape index (κ3) is 6.06. The number of hydrogen-bond donors (Lipinski definition) is 1. The Labute approximate surface area is 151 Å². The number of aliphatic hydroxyl groups excluding tert-OH is 1. The lowest BCUT2D eigenvalue weighted by Crippen LogP contribution is -2.27. The molecule has 0 amide bonds. The van der Waals surface area contributed by atoms with Crippen LogP contribution < -0.4 is 0 Å². The summed E-state index contributed by atoms with van der Waals surface area (Å²) in [6.45, 7) is 5.87. The Bertz CT molecular complexity index is 557. The van der Waals surface area contributed by atoms with E-state index in [2.05, 4.69) is 5.16 Å². The lowest BCUT2D eigenvalue weighted by Gasteiger charge is -2.25. The molecule has 1 rings (SSSR count). The maximum absolute atomic E-state index is 12.5. The van der Waals surface area contributed by atoms with Gasteiger partial charge in [-0.3, -0.25) is 9.00 Å². The second kappa shape index (κ2) is 10.7. The van der Waals surface area contributed by atoms with Gasteiger partial charge in [-0.15, -0.1) is 0 Å². The van der Waals surface area contributed by atoms with E-state index in [0.29, 0.717) is 37.1 Å². The van der Waals surface area contributed by atoms with Crippen LogP contribution in [0.4, 0.5) is 0 Å². The lowest BCUT2D eigenvalue weighted by atomic mass is 9.82. The zero-order chi connectivity index (χ0) is 18.1. The molecule has 24 heavy (non-hydrogen) atoms. The number of rotatable bonds is 9. The first-order chi connectivity index (χ1) is 11.4. The number of oxime groups is 1. The molecule has 0 aromatic rings. The number of hydrogen-bond acceptors (Lipinski definition) is 5. The highest BCUT2D eigenvalue weighted by atomic mass is 35.5. The highest BCUT2D eigenvalue weighted by Crippen LogP contribution is 2.31. The summed E-state index contributed by atoms with van der Waals surface area (Å²) in [4.78, 5) is 17.6. The van der Waals surface area contributed by atoms with Gasteiger partial charge in [0.15, 0.2) is 5.78 Å². The number of halogens is 1. The van der Waals surface area contributed by atoms with Gasteiger partial charge in [-0.2, -0.15) is 0 Å². The molecule has 3 atom stereocenters. The maximum Gasteiger partial charge on any atom is 0.168 e. The summed E-state index contributed by atoms with van der Waals surface area (Å²) in [6, 6.07) is 0. The quantitative estimate of drug-likeness (QED) is 0.377. The van der Waals surface area contributed by atoms with E-state index in [1.54, 1.807) is 6.08 Å². The standard InChI is InChI=1S/C17H26ClNO4S/c1-4-14(19-23-8-6-7-18)17-15(20)10-13(11-16(17)21)9-12(3)24(22)5-2/h6-7,12-13,20H,4-5,8-11H2,1-3H3/b7-6+,19-14+/t12-,13?,24?/m1/s1. The summed E-state index contributed by atoms with van der Waals surface area (Å²) < 4.78 is 11.8. The fourth-order valence-electron chi connectivity index (χ4n) is 2.81. The van der Waals surface area contributed by atoms with E-state index < -0.39 is 10.8 Å². The van der Waals surface area contributed by atoms with Gasteiger partial charge < -0.3 is 9.94 Å². The molecule has 1 aliphatic rings. The number of ketones is 1. The summed E-state index contributed by atoms with van der Waals surface area (Å²) in [5, 5.41) is 14.3. The Morgan fingerprint density at radius 1 is 1.50 bits per heavy atom. The van der Waals surface area contributed by atoms with Crippen molar-refractivity contribution in [1.82, 2.24) is 0 Å². The summed E-state index contributed by atoms with van der Waals surface area (Å²) in [7, 11) is -0.891. The Morgan fingerprint density at radius 2 is 2.21 bits per heavy atom. The van der Waals surface area contributed by atoms with Crippen LogP contribution in [-0.4, -0.2) is 38.4 Å². The van der Waals surface area contributed by atoms with E-state index in [1.807, 2.05) is 20.8 Å². The number of carbonyl (C=O) groups excluding carboxylic acids is 1. The molecule has 0 heterocycles. The molecule has 136 valence electrons. The number of allylic oxidation sites excluding steroid dienone is 2. The molecule has 7 heteroatoms. The first-order valence-electron chi connectivity index (χ1n) is 8.21. The largest absolute Gasteiger partial charge is 0.511 e. The van der Waals surface area contributed by atoms with Gasteiger partial charge in [0.1, 0.15) is 12.4 Å². The van der Waals surface area contributed by atoms with Gasteiger partial charge in [0, 0.05) is 40.2 Å². The number of nitrogens with zero attached hydrogens (tertiary/aromatic N) is 1. The number of aliphatic hydroxyl groups is 1. The molecule has 1 aliphatic carbocycles. The second-order valence-electron chi connectivity index (χ2n) is 5.78. The summed E-state index contributed by atoms with van der Waals surface area (Å²) >= 11 is 5.40. The predicted molar refractivity (Wildman–Crippen MR) is 98.8 cm³/mol. The third-order valence-corrected chi connectivity index (χ3v) is 5.82. The molecule has 0 aromatic carbocycles. The monoisotopic (exact) mass is 375 g/mol. The third-order valence-electron chi connectivity index (χ3n) is 3.98. The zero-order valence-corrected chi connectivity index (χ0v) is 16.0. The molecule has 2 unspecified atom stereocenters. The topological polar surface area (TPSA) is 76.0 Å². The van der Waals surface area contributed by atoms with Crippen LogP contribution in [0.5, 0.6) is 0 Å². The number of Topliss-reactive ketones (excluding diaryl/α,β-unsaturated/α-hetero) is 1. The van der Waals surface area contributed by atoms with Crippen LogP contribution in [0.1, 0.15) is 46.5 Å². The van der Waals surface area contributed by atoms with Gasteiger partial charge in [0.05, 0.1) is 11.3 Å². The summed E-state index contributed by atoms with van der Waals surface area (Å²) in [5.74, 6) is 0.554. The Balaban J connectivity index is 2.84. The van der Waals surface area contributed by atoms with Crippen LogP contribution in [0.25, 0.3) is 0 Å². The Kier molecular flexibility index (Phi) is 9.29. The van der Waals surface area contributed by atoms with E-state index in [4.69, 9.17) is 16.4 Å². The van der Waals surface area contributed by atoms with Crippen LogP contribution in [0.2, 0.25) is 0 Å². The van der Waals surface area contributed by atoms with Gasteiger partial charge in [-0.05, 0) is 24.8 Å². The van der Waals surface area contributed by atoms with Crippen LogP contribution in [0, 0.1) is 5.92 Å². The van der Waals surface area contributed by atoms with Crippen molar-refractivity contribution in [3.05, 3.63) is 22.9 Å². The average Bonchev–Trinajstić information content (AvgIpc) is 2.55. The van der Waals surface area contributed by atoms with Crippen molar-refractivity contribution in [2.75, 3.05) is 12.4 Å². The minimum absolute atomic E-state index is 0.0185. The van der Waals surface area contributed by atoms with Crippen molar-refractivity contribution < 1.29 is 18.9 Å². The van der Waals surface area contributed by atoms with E-state index in [-0.39, 0.29) is 34.9 Å². The molecular weight excluding hydrogens is 350 g/mol. The first-order valence-corrected chi connectivity index (χ1v) is 10.0. The van der Waals surface area contributed by atoms with Gasteiger partial charge >= 0.3 is 0 Å². The van der Waals surface area contributed by atoms with Crippen molar-refractivity contribution in [3.8, 4) is 0 Å². The van der Waals surface area contributed by atoms with Crippen molar-refractivity contribution in [3.63, 3.8) is 0 Å². The van der Waals surface area contributed by atoms with Crippen LogP contribution in [0.3, 0.4) is 0 Å². The maximum atomic E-state index is 12.5. The normalized spacial score (nSPS) is 22.1. The van der Waals surface area contributed by atoms with E-state index in [9.17, 15) is 14.1 Å². The molecule has 0 fully saturated rings. The van der Waals surface area contributed by atoms with E-state index >= 15 is 0 Å². The van der Waals surface area contributed by atoms with Gasteiger partial charge in [0.2, 0.25) is 0 Å². The highest BCUT2D eigenvalue weighted by Gasteiger charge is 2.31. The molecule has 0 saturated carbocycles. The van der Waals surface area contributed by atoms with Crippen molar-refractivity contribution in [1.29, 1.82) is 0 Å². The highest BCUT2D eigenvalue weighted by molar-refractivity contribution is 7.85. The lowest BCUT2D eigenvalue weighted by molar-refractivity contribution is -0.116. The minimum Gasteiger partial charge on any atom is -0.511 e. The molecule has 1 N–H and O–H groups in total. The van der Waals surface area contributed by atoms with Gasteiger partial charge in [-0.1, -0.05) is 37.5 Å². The predicted octanol–water partition coefficient (Wildman–Crippen LogP) is 3.86. The molecule has 0 radical (unpaired) electrons. The second-order valence-corrected chi connectivity index (χ2v) is 8.18. The average molecular weight is 376 g/mol. The van der Waals surface area contributed by atoms with Crippen LogP contribution in [0.15, 0.2) is 28.1 Å². The molecule has 0 bridgehead atoms. The molecule has 0 aliphatic heterocycles. The molecular formula is C17H26ClNO4S. The van der Waals surface area contributed by atoms with Crippen molar-refractivity contribution in [2.45, 2.75) is 51.7 Å². The van der Waals surface area contributed by atoms with Crippen LogP contribution in [-0.2, 0) is 20.4 Å².